The van der Waals surface area contributed by atoms with E-state index in [1.54, 1.807) is 37.2 Å². The molecule has 3 unspecified atom stereocenters. The summed E-state index contributed by atoms with van der Waals surface area (Å²) in [5.74, 6) is 0.483. The minimum atomic E-state index is -0.617. The first kappa shape index (κ1) is 21.0. The molecule has 3 atom stereocenters. The van der Waals surface area contributed by atoms with Gasteiger partial charge in [-0.25, -0.2) is 0 Å². The monoisotopic (exact) mass is 399 g/mol. The van der Waals surface area contributed by atoms with Gasteiger partial charge in [-0.05, 0) is 44.5 Å². The Labute approximate surface area is 170 Å². The zero-order chi connectivity index (χ0) is 21.3. The maximum atomic E-state index is 12.3. The molecule has 0 radical (unpaired) electrons. The molecule has 7 nitrogen and oxygen atoms in total. The Kier molecular flexibility index (Phi) is 6.07. The number of para-hydroxylation sites is 1. The molecule has 2 aromatic carbocycles. The number of carbonyl (C=O) groups is 1. The normalized spacial score (nSPS) is 22.0. The van der Waals surface area contributed by atoms with Gasteiger partial charge in [0.15, 0.2) is 5.78 Å². The number of likely N-dealkylation sites (N-methyl/N-ethyl adjacent to an activating group) is 1. The van der Waals surface area contributed by atoms with E-state index in [2.05, 4.69) is 24.5 Å². The lowest BCUT2D eigenvalue weighted by Gasteiger charge is -2.35. The van der Waals surface area contributed by atoms with E-state index in [-0.39, 0.29) is 46.7 Å². The standard InChI is InChI=1S/C22H29N3O4/c1-12-7-5-9-15(13(12)2)23-18-19(22(29)21(18)28)24-16-10-6-8-14(20(16)27)17(26)11-25(3)4/h6,8,10,12-13,15,23-24,27H,5,7,9,11H2,1-4H3. The number of hydrogen-bond donors (Lipinski definition) is 3. The molecule has 3 rings (SSSR count). The van der Waals surface area contributed by atoms with E-state index in [1.165, 1.54) is 0 Å². The van der Waals surface area contributed by atoms with Crippen molar-refractivity contribution in [3.8, 4) is 5.75 Å². The molecule has 0 bridgehead atoms. The van der Waals surface area contributed by atoms with Gasteiger partial charge in [-0.15, -0.1) is 0 Å². The molecular weight excluding hydrogens is 370 g/mol. The highest BCUT2D eigenvalue weighted by Gasteiger charge is 2.31. The van der Waals surface area contributed by atoms with Crippen molar-refractivity contribution in [2.45, 2.75) is 39.2 Å². The molecule has 1 fully saturated rings. The summed E-state index contributed by atoms with van der Waals surface area (Å²) in [6.07, 6.45) is 3.19. The van der Waals surface area contributed by atoms with Crippen molar-refractivity contribution in [2.24, 2.45) is 11.8 Å². The highest BCUT2D eigenvalue weighted by Crippen LogP contribution is 2.35. The van der Waals surface area contributed by atoms with E-state index in [4.69, 9.17) is 0 Å². The summed E-state index contributed by atoms with van der Waals surface area (Å²) >= 11 is 0. The van der Waals surface area contributed by atoms with Crippen molar-refractivity contribution in [3.63, 3.8) is 0 Å². The Balaban J connectivity index is 1.83. The second-order valence-electron chi connectivity index (χ2n) is 8.41. The molecule has 0 heterocycles. The maximum Gasteiger partial charge on any atom is 0.253 e. The van der Waals surface area contributed by atoms with Gasteiger partial charge in [-0.2, -0.15) is 0 Å². The van der Waals surface area contributed by atoms with Gasteiger partial charge in [0.05, 0.1) is 17.8 Å². The van der Waals surface area contributed by atoms with Crippen LogP contribution in [-0.2, 0) is 0 Å². The molecule has 156 valence electrons. The van der Waals surface area contributed by atoms with E-state index in [9.17, 15) is 19.5 Å². The van der Waals surface area contributed by atoms with Crippen LogP contribution in [0.2, 0.25) is 0 Å². The van der Waals surface area contributed by atoms with Gasteiger partial charge in [-0.3, -0.25) is 14.4 Å². The van der Waals surface area contributed by atoms with Gasteiger partial charge in [-0.1, -0.05) is 32.8 Å². The quantitative estimate of drug-likeness (QED) is 0.374. The lowest BCUT2D eigenvalue weighted by atomic mass is 9.78. The number of phenolic OH excluding ortho intramolecular Hbond substituents is 1. The Hall–Kier alpha value is -2.67. The topological polar surface area (TPSA) is 98.7 Å². The fraction of sp³-hybridized carbons (Fsp3) is 0.500. The largest absolute Gasteiger partial charge is 0.505 e. The molecule has 1 aliphatic carbocycles. The van der Waals surface area contributed by atoms with Gasteiger partial charge < -0.3 is 20.6 Å². The molecule has 0 saturated heterocycles. The summed E-state index contributed by atoms with van der Waals surface area (Å²) in [5, 5.41) is 16.7. The third-order valence-corrected chi connectivity index (χ3v) is 6.00. The number of nitrogens with one attached hydrogen (secondary N) is 2. The summed E-state index contributed by atoms with van der Waals surface area (Å²) in [7, 11) is 3.54. The molecule has 0 aliphatic heterocycles. The number of nitrogens with zero attached hydrogens (tertiary/aromatic N) is 1. The number of aromatic hydroxyl groups is 1. The SMILES string of the molecule is CC1CCCC(Nc2c(Nc3cccc(C(=O)CN(C)C)c3O)c(=O)c2=O)C1C. The van der Waals surface area contributed by atoms with Crippen LogP contribution >= 0.6 is 0 Å². The van der Waals surface area contributed by atoms with Crippen LogP contribution in [-0.4, -0.2) is 42.5 Å². The van der Waals surface area contributed by atoms with E-state index < -0.39 is 10.9 Å². The highest BCUT2D eigenvalue weighted by atomic mass is 16.3. The van der Waals surface area contributed by atoms with E-state index in [0.29, 0.717) is 11.8 Å². The van der Waals surface area contributed by atoms with Crippen LogP contribution in [0, 0.1) is 11.8 Å². The molecule has 1 aliphatic rings. The predicted octanol–water partition coefficient (Wildman–Crippen LogP) is 2.71. The van der Waals surface area contributed by atoms with Crippen molar-refractivity contribution in [2.75, 3.05) is 31.3 Å². The van der Waals surface area contributed by atoms with Crippen molar-refractivity contribution in [3.05, 3.63) is 44.2 Å². The van der Waals surface area contributed by atoms with Gasteiger partial charge >= 0.3 is 0 Å². The minimum Gasteiger partial charge on any atom is -0.505 e. The second kappa shape index (κ2) is 8.37. The van der Waals surface area contributed by atoms with Crippen LogP contribution in [0.5, 0.6) is 5.75 Å². The van der Waals surface area contributed by atoms with Gasteiger partial charge in [0.25, 0.3) is 10.9 Å². The molecule has 0 aromatic heterocycles. The summed E-state index contributed by atoms with van der Waals surface area (Å²) in [5.41, 5.74) is -0.342. The first-order valence-corrected chi connectivity index (χ1v) is 10.1. The van der Waals surface area contributed by atoms with Gasteiger partial charge in [0.1, 0.15) is 17.1 Å². The van der Waals surface area contributed by atoms with Crippen LogP contribution in [0.25, 0.3) is 0 Å². The fourth-order valence-corrected chi connectivity index (χ4v) is 4.00. The Morgan fingerprint density at radius 3 is 2.52 bits per heavy atom. The molecular formula is C22H29N3O4. The predicted molar refractivity (Wildman–Crippen MR) is 115 cm³/mol. The highest BCUT2D eigenvalue weighted by molar-refractivity contribution is 6.02. The van der Waals surface area contributed by atoms with Crippen LogP contribution in [0.1, 0.15) is 43.5 Å². The summed E-state index contributed by atoms with van der Waals surface area (Å²) < 4.78 is 0. The maximum absolute atomic E-state index is 12.3. The summed E-state index contributed by atoms with van der Waals surface area (Å²) in [6, 6.07) is 4.88. The zero-order valence-electron chi connectivity index (χ0n) is 17.4. The number of Topliss-reactive ketones (excluding diaryl/α,β-unsaturated/α-hetero) is 1. The van der Waals surface area contributed by atoms with Crippen molar-refractivity contribution in [1.82, 2.24) is 4.90 Å². The lowest BCUT2D eigenvalue weighted by molar-refractivity contribution is 0.0955. The lowest BCUT2D eigenvalue weighted by Crippen LogP contribution is -2.42. The molecule has 7 heteroatoms. The Bertz CT molecular complexity index is 975. The zero-order valence-corrected chi connectivity index (χ0v) is 17.4. The van der Waals surface area contributed by atoms with Crippen LogP contribution in [0.4, 0.5) is 17.1 Å². The van der Waals surface area contributed by atoms with Crippen molar-refractivity contribution in [1.29, 1.82) is 0 Å². The average Bonchev–Trinajstić information content (AvgIpc) is 2.67. The van der Waals surface area contributed by atoms with Gasteiger partial charge in [0.2, 0.25) is 0 Å². The first-order chi connectivity index (χ1) is 13.7. The summed E-state index contributed by atoms with van der Waals surface area (Å²) in [4.78, 5) is 38.4. The average molecular weight is 399 g/mol. The molecule has 0 spiro atoms. The number of rotatable bonds is 7. The van der Waals surface area contributed by atoms with Crippen molar-refractivity contribution >= 4 is 22.8 Å². The molecule has 0 amide bonds. The number of carbonyl (C=O) groups excluding carboxylic acids is 1. The molecule has 29 heavy (non-hydrogen) atoms. The third kappa shape index (κ3) is 4.19. The third-order valence-electron chi connectivity index (χ3n) is 6.00. The molecule has 3 N–H and O–H groups in total. The van der Waals surface area contributed by atoms with Crippen LogP contribution < -0.4 is 21.5 Å². The van der Waals surface area contributed by atoms with E-state index >= 15 is 0 Å². The number of anilines is 3. The van der Waals surface area contributed by atoms with Crippen molar-refractivity contribution < 1.29 is 9.90 Å². The smallest absolute Gasteiger partial charge is 0.253 e. The van der Waals surface area contributed by atoms with E-state index in [1.807, 2.05) is 0 Å². The number of hydrogen-bond acceptors (Lipinski definition) is 7. The number of benzene rings is 1. The van der Waals surface area contributed by atoms with Gasteiger partial charge in [0, 0.05) is 6.04 Å². The molecule has 2 aromatic rings. The van der Waals surface area contributed by atoms with E-state index in [0.717, 1.165) is 19.3 Å². The second-order valence-corrected chi connectivity index (χ2v) is 8.41. The minimum absolute atomic E-state index is 0.129. The Morgan fingerprint density at radius 1 is 1.14 bits per heavy atom. The summed E-state index contributed by atoms with van der Waals surface area (Å²) in [6.45, 7) is 4.52. The molecule has 1 saturated carbocycles. The Morgan fingerprint density at radius 2 is 1.83 bits per heavy atom. The first-order valence-electron chi connectivity index (χ1n) is 10.1. The fourth-order valence-electron chi connectivity index (χ4n) is 4.00. The van der Waals surface area contributed by atoms with Crippen LogP contribution in [0.15, 0.2) is 27.8 Å². The number of phenols is 1. The van der Waals surface area contributed by atoms with Crippen LogP contribution in [0.3, 0.4) is 0 Å². The number of ketones is 1.